The van der Waals surface area contributed by atoms with Gasteiger partial charge < -0.3 is 10.5 Å². The number of carbonyl (C=O) groups is 2. The Labute approximate surface area is 108 Å². The largest absolute Gasteiger partial charge is 0.450 e. The van der Waals surface area contributed by atoms with Gasteiger partial charge in [-0.25, -0.2) is 4.79 Å². The zero-order valence-electron chi connectivity index (χ0n) is 11.1. The van der Waals surface area contributed by atoms with Crippen molar-refractivity contribution in [1.29, 1.82) is 0 Å². The number of nitrogens with zero attached hydrogens (tertiary/aromatic N) is 1. The Morgan fingerprint density at radius 1 is 1.44 bits per heavy atom. The minimum absolute atomic E-state index is 0.219. The molecule has 0 bridgehead atoms. The number of ether oxygens (including phenoxy) is 1. The zero-order chi connectivity index (χ0) is 13.5. The van der Waals surface area contributed by atoms with E-state index in [4.69, 9.17) is 5.73 Å². The van der Waals surface area contributed by atoms with Gasteiger partial charge in [0.25, 0.3) is 0 Å². The van der Waals surface area contributed by atoms with Crippen molar-refractivity contribution in [2.24, 2.45) is 11.7 Å². The molecule has 0 radical (unpaired) electrons. The van der Waals surface area contributed by atoms with Gasteiger partial charge in [-0.15, -0.1) is 0 Å². The topological polar surface area (TPSA) is 84.7 Å². The van der Waals surface area contributed by atoms with Crippen LogP contribution in [0.3, 0.4) is 0 Å². The third kappa shape index (κ3) is 4.62. The summed E-state index contributed by atoms with van der Waals surface area (Å²) in [6.07, 6.45) is 1.46. The highest BCUT2D eigenvalue weighted by Crippen LogP contribution is 2.20. The number of alkyl carbamates (subject to hydrolysis) is 1. The predicted octanol–water partition coefficient (Wildman–Crippen LogP) is 0.318. The van der Waals surface area contributed by atoms with Crippen molar-refractivity contribution in [3.63, 3.8) is 0 Å². The Kier molecular flexibility index (Phi) is 6.07. The third-order valence-electron chi connectivity index (χ3n) is 3.31. The minimum atomic E-state index is -0.678. The van der Waals surface area contributed by atoms with Crippen LogP contribution < -0.4 is 11.1 Å². The number of hydrogen-bond acceptors (Lipinski definition) is 5. The number of nitrogens with one attached hydrogen (secondary N) is 1. The number of amides is 2. The maximum atomic E-state index is 11.7. The van der Waals surface area contributed by atoms with E-state index in [9.17, 15) is 9.59 Å². The van der Waals surface area contributed by atoms with Gasteiger partial charge in [0.05, 0.1) is 13.2 Å². The van der Waals surface area contributed by atoms with Crippen LogP contribution in [0.5, 0.6) is 0 Å². The molecule has 2 atom stereocenters. The lowest BCUT2D eigenvalue weighted by atomic mass is 9.93. The van der Waals surface area contributed by atoms with Gasteiger partial charge in [0.2, 0.25) is 5.91 Å². The molecule has 3 N–H and O–H groups in total. The fraction of sp³-hybridized carbons (Fsp3) is 0.833. The van der Waals surface area contributed by atoms with E-state index in [0.717, 1.165) is 19.4 Å². The maximum absolute atomic E-state index is 11.7. The van der Waals surface area contributed by atoms with Gasteiger partial charge in [0.1, 0.15) is 0 Å². The van der Waals surface area contributed by atoms with Gasteiger partial charge in [0, 0.05) is 12.6 Å². The third-order valence-corrected chi connectivity index (χ3v) is 3.31. The molecule has 1 fully saturated rings. The van der Waals surface area contributed by atoms with Crippen molar-refractivity contribution in [1.82, 2.24) is 10.2 Å². The SMILES string of the molecule is CCOC(=O)NC(=O)CN1CC(CN)CCC1C. The molecule has 2 unspecified atom stereocenters. The molecule has 0 aromatic carbocycles. The molecule has 1 rings (SSSR count). The second-order valence-electron chi connectivity index (χ2n) is 4.73. The van der Waals surface area contributed by atoms with Crippen LogP contribution in [0, 0.1) is 5.92 Å². The van der Waals surface area contributed by atoms with Gasteiger partial charge in [-0.3, -0.25) is 15.0 Å². The van der Waals surface area contributed by atoms with Crippen molar-refractivity contribution >= 4 is 12.0 Å². The molecule has 0 spiro atoms. The molecule has 1 aliphatic rings. The van der Waals surface area contributed by atoms with E-state index in [0.29, 0.717) is 18.5 Å². The van der Waals surface area contributed by atoms with E-state index >= 15 is 0 Å². The second kappa shape index (κ2) is 7.33. The summed E-state index contributed by atoms with van der Waals surface area (Å²) >= 11 is 0. The van der Waals surface area contributed by atoms with Gasteiger partial charge in [-0.1, -0.05) is 0 Å². The predicted molar refractivity (Wildman–Crippen MR) is 68.0 cm³/mol. The number of imide groups is 1. The molecule has 1 saturated heterocycles. The van der Waals surface area contributed by atoms with Crippen molar-refractivity contribution < 1.29 is 14.3 Å². The smallest absolute Gasteiger partial charge is 0.413 e. The first-order chi connectivity index (χ1) is 8.56. The van der Waals surface area contributed by atoms with Gasteiger partial charge in [-0.2, -0.15) is 0 Å². The quantitative estimate of drug-likeness (QED) is 0.757. The summed E-state index contributed by atoms with van der Waals surface area (Å²) in [5, 5.41) is 2.21. The molecular formula is C12H23N3O3. The molecule has 0 aromatic heterocycles. The minimum Gasteiger partial charge on any atom is -0.450 e. The fourth-order valence-corrected chi connectivity index (χ4v) is 2.18. The van der Waals surface area contributed by atoms with Crippen molar-refractivity contribution in [3.8, 4) is 0 Å². The van der Waals surface area contributed by atoms with Crippen LogP contribution in [-0.2, 0) is 9.53 Å². The molecule has 6 heteroatoms. The van der Waals surface area contributed by atoms with E-state index in [-0.39, 0.29) is 19.1 Å². The summed E-state index contributed by atoms with van der Waals surface area (Å²) in [7, 11) is 0. The lowest BCUT2D eigenvalue weighted by Crippen LogP contribution is -2.49. The summed E-state index contributed by atoms with van der Waals surface area (Å²) in [6, 6.07) is 0.348. The Hall–Kier alpha value is -1.14. The summed E-state index contributed by atoms with van der Waals surface area (Å²) in [6.45, 7) is 5.72. The Morgan fingerprint density at radius 3 is 2.78 bits per heavy atom. The Balaban J connectivity index is 2.39. The van der Waals surface area contributed by atoms with Gasteiger partial charge >= 0.3 is 6.09 Å². The number of piperidine rings is 1. The molecule has 1 aliphatic heterocycles. The number of hydrogen-bond donors (Lipinski definition) is 2. The first kappa shape index (κ1) is 14.9. The molecule has 0 aliphatic carbocycles. The standard InChI is InChI=1S/C12H23N3O3/c1-3-18-12(17)14-11(16)8-15-7-10(6-13)5-4-9(15)2/h9-10H,3-8,13H2,1-2H3,(H,14,16,17). The second-order valence-corrected chi connectivity index (χ2v) is 4.73. The van der Waals surface area contributed by atoms with Crippen LogP contribution in [0.1, 0.15) is 26.7 Å². The first-order valence-electron chi connectivity index (χ1n) is 6.47. The van der Waals surface area contributed by atoms with E-state index in [1.54, 1.807) is 6.92 Å². The Morgan fingerprint density at radius 2 is 2.17 bits per heavy atom. The summed E-state index contributed by atoms with van der Waals surface area (Å²) < 4.78 is 4.66. The normalized spacial score (nSPS) is 24.6. The fourth-order valence-electron chi connectivity index (χ4n) is 2.18. The molecule has 2 amide bonds. The van der Waals surface area contributed by atoms with E-state index < -0.39 is 6.09 Å². The number of rotatable bonds is 4. The first-order valence-corrected chi connectivity index (χ1v) is 6.47. The lowest BCUT2D eigenvalue weighted by Gasteiger charge is -2.36. The van der Waals surface area contributed by atoms with Crippen LogP contribution >= 0.6 is 0 Å². The lowest BCUT2D eigenvalue weighted by molar-refractivity contribution is -0.122. The van der Waals surface area contributed by atoms with Crippen LogP contribution in [0.4, 0.5) is 4.79 Å². The van der Waals surface area contributed by atoms with Crippen LogP contribution in [0.2, 0.25) is 0 Å². The molecule has 104 valence electrons. The number of nitrogens with two attached hydrogens (primary N) is 1. The zero-order valence-corrected chi connectivity index (χ0v) is 11.1. The van der Waals surface area contributed by atoms with Crippen LogP contribution in [-0.4, -0.2) is 49.2 Å². The van der Waals surface area contributed by atoms with Crippen molar-refractivity contribution in [2.75, 3.05) is 26.2 Å². The highest BCUT2D eigenvalue weighted by molar-refractivity contribution is 5.92. The molecule has 18 heavy (non-hydrogen) atoms. The molecular weight excluding hydrogens is 234 g/mol. The van der Waals surface area contributed by atoms with Gasteiger partial charge in [0.15, 0.2) is 0 Å². The number of likely N-dealkylation sites (tertiary alicyclic amines) is 1. The highest BCUT2D eigenvalue weighted by Gasteiger charge is 2.26. The van der Waals surface area contributed by atoms with Crippen LogP contribution in [0.15, 0.2) is 0 Å². The summed E-state index contributed by atoms with van der Waals surface area (Å²) in [5.74, 6) is 0.120. The van der Waals surface area contributed by atoms with E-state index in [2.05, 4.69) is 21.9 Å². The Bertz CT molecular complexity index is 296. The summed E-state index contributed by atoms with van der Waals surface area (Å²) in [4.78, 5) is 24.8. The monoisotopic (exact) mass is 257 g/mol. The van der Waals surface area contributed by atoms with Crippen molar-refractivity contribution in [2.45, 2.75) is 32.7 Å². The van der Waals surface area contributed by atoms with E-state index in [1.807, 2.05) is 0 Å². The molecule has 1 heterocycles. The van der Waals surface area contributed by atoms with Crippen LogP contribution in [0.25, 0.3) is 0 Å². The average molecular weight is 257 g/mol. The molecule has 6 nitrogen and oxygen atoms in total. The van der Waals surface area contributed by atoms with Crippen molar-refractivity contribution in [3.05, 3.63) is 0 Å². The molecule has 0 aromatic rings. The highest BCUT2D eigenvalue weighted by atomic mass is 16.5. The van der Waals surface area contributed by atoms with Gasteiger partial charge in [-0.05, 0) is 39.2 Å². The summed E-state index contributed by atoms with van der Waals surface area (Å²) in [5.41, 5.74) is 5.66. The maximum Gasteiger partial charge on any atom is 0.413 e. The average Bonchev–Trinajstić information content (AvgIpc) is 2.32. The molecule has 0 saturated carbocycles. The number of carbonyl (C=O) groups excluding carboxylic acids is 2. The van der Waals surface area contributed by atoms with E-state index in [1.165, 1.54) is 0 Å².